The van der Waals surface area contributed by atoms with Gasteiger partial charge in [0, 0.05) is 11.6 Å². The molecular formula is C18H31NO. The predicted octanol–water partition coefficient (Wildman–Crippen LogP) is 5.01. The van der Waals surface area contributed by atoms with Crippen LogP contribution in [0.15, 0.2) is 18.2 Å². The van der Waals surface area contributed by atoms with Gasteiger partial charge in [0.2, 0.25) is 0 Å². The largest absolute Gasteiger partial charge is 0.494 e. The Morgan fingerprint density at radius 2 is 1.90 bits per heavy atom. The number of hydrogen-bond acceptors (Lipinski definition) is 2. The molecule has 0 aliphatic heterocycles. The molecule has 1 N–H and O–H groups in total. The molecule has 2 heteroatoms. The second-order valence-electron chi connectivity index (χ2n) is 5.48. The number of rotatable bonds is 10. The first-order valence-corrected chi connectivity index (χ1v) is 8.19. The van der Waals surface area contributed by atoms with Crippen molar-refractivity contribution in [3.63, 3.8) is 0 Å². The summed E-state index contributed by atoms with van der Waals surface area (Å²) in [5.41, 5.74) is 2.64. The van der Waals surface area contributed by atoms with Gasteiger partial charge < -0.3 is 10.1 Å². The molecule has 0 heterocycles. The number of hydrogen-bond donors (Lipinski definition) is 1. The van der Waals surface area contributed by atoms with Crippen molar-refractivity contribution in [2.24, 2.45) is 0 Å². The molecule has 20 heavy (non-hydrogen) atoms. The van der Waals surface area contributed by atoms with Gasteiger partial charge >= 0.3 is 0 Å². The molecule has 2 nitrogen and oxygen atoms in total. The number of unbranched alkanes of at least 4 members (excludes halogenated alkanes) is 2. The summed E-state index contributed by atoms with van der Waals surface area (Å²) in [4.78, 5) is 0. The lowest BCUT2D eigenvalue weighted by molar-refractivity contribution is 0.329. The molecule has 0 spiro atoms. The van der Waals surface area contributed by atoms with Gasteiger partial charge in [-0.05, 0) is 39.3 Å². The van der Waals surface area contributed by atoms with Crippen molar-refractivity contribution in [2.75, 3.05) is 13.2 Å². The smallest absolute Gasteiger partial charge is 0.124 e. The third kappa shape index (κ3) is 5.54. The molecule has 1 aromatic carbocycles. The van der Waals surface area contributed by atoms with Crippen molar-refractivity contribution < 1.29 is 4.74 Å². The third-order valence-electron chi connectivity index (χ3n) is 3.58. The topological polar surface area (TPSA) is 21.3 Å². The summed E-state index contributed by atoms with van der Waals surface area (Å²) < 4.78 is 5.82. The number of nitrogens with one attached hydrogen (secondary N) is 1. The van der Waals surface area contributed by atoms with Crippen molar-refractivity contribution in [1.29, 1.82) is 0 Å². The van der Waals surface area contributed by atoms with Crippen LogP contribution in [0.4, 0.5) is 0 Å². The number of benzene rings is 1. The first kappa shape index (κ1) is 17.0. The van der Waals surface area contributed by atoms with Crippen LogP contribution in [0, 0.1) is 6.92 Å². The lowest BCUT2D eigenvalue weighted by atomic mass is 9.97. The van der Waals surface area contributed by atoms with E-state index in [0.29, 0.717) is 6.04 Å². The van der Waals surface area contributed by atoms with E-state index in [9.17, 15) is 0 Å². The van der Waals surface area contributed by atoms with E-state index in [1.54, 1.807) is 0 Å². The standard InChI is InChI=1S/C18H31NO/c1-5-8-9-10-17(19-13-6-2)16-14-15(4)11-12-18(16)20-7-3/h11-12,14,17,19H,5-10,13H2,1-4H3. The second-order valence-corrected chi connectivity index (χ2v) is 5.48. The zero-order chi connectivity index (χ0) is 14.8. The molecule has 0 aromatic heterocycles. The summed E-state index contributed by atoms with van der Waals surface area (Å²) >= 11 is 0. The molecule has 1 unspecified atom stereocenters. The van der Waals surface area contributed by atoms with Crippen LogP contribution in [0.1, 0.15) is 70.0 Å². The lowest BCUT2D eigenvalue weighted by Gasteiger charge is -2.22. The van der Waals surface area contributed by atoms with E-state index in [4.69, 9.17) is 4.74 Å². The minimum Gasteiger partial charge on any atom is -0.494 e. The summed E-state index contributed by atoms with van der Waals surface area (Å²) in [5.74, 6) is 1.04. The van der Waals surface area contributed by atoms with E-state index in [1.165, 1.54) is 43.2 Å². The quantitative estimate of drug-likeness (QED) is 0.607. The molecule has 0 amide bonds. The fourth-order valence-electron chi connectivity index (χ4n) is 2.51. The monoisotopic (exact) mass is 277 g/mol. The average molecular weight is 277 g/mol. The Labute approximate surface area is 124 Å². The molecule has 0 aliphatic rings. The number of aryl methyl sites for hydroxylation is 1. The Kier molecular flexibility index (Phi) is 8.36. The zero-order valence-electron chi connectivity index (χ0n) is 13.7. The normalized spacial score (nSPS) is 12.4. The molecule has 114 valence electrons. The molecule has 1 aromatic rings. The van der Waals surface area contributed by atoms with Gasteiger partial charge in [0.05, 0.1) is 6.61 Å². The van der Waals surface area contributed by atoms with Gasteiger partial charge in [-0.2, -0.15) is 0 Å². The highest BCUT2D eigenvalue weighted by molar-refractivity contribution is 5.39. The van der Waals surface area contributed by atoms with Crippen LogP contribution in [-0.4, -0.2) is 13.2 Å². The van der Waals surface area contributed by atoms with Crippen molar-refractivity contribution in [3.8, 4) is 5.75 Å². The third-order valence-corrected chi connectivity index (χ3v) is 3.58. The van der Waals surface area contributed by atoms with Crippen LogP contribution >= 0.6 is 0 Å². The van der Waals surface area contributed by atoms with Crippen LogP contribution in [0.3, 0.4) is 0 Å². The molecule has 1 rings (SSSR count). The maximum absolute atomic E-state index is 5.82. The highest BCUT2D eigenvalue weighted by Gasteiger charge is 2.15. The van der Waals surface area contributed by atoms with Crippen LogP contribution in [0.5, 0.6) is 5.75 Å². The van der Waals surface area contributed by atoms with Gasteiger partial charge in [0.1, 0.15) is 5.75 Å². The van der Waals surface area contributed by atoms with Crippen molar-refractivity contribution in [3.05, 3.63) is 29.3 Å². The molecular weight excluding hydrogens is 246 g/mol. The SMILES string of the molecule is CCCCCC(NCCC)c1cc(C)ccc1OCC. The zero-order valence-corrected chi connectivity index (χ0v) is 13.7. The van der Waals surface area contributed by atoms with E-state index < -0.39 is 0 Å². The van der Waals surface area contributed by atoms with E-state index in [2.05, 4.69) is 51.2 Å². The Hall–Kier alpha value is -1.02. The molecule has 0 aliphatic carbocycles. The first-order chi connectivity index (χ1) is 9.72. The summed E-state index contributed by atoms with van der Waals surface area (Å²) in [6.07, 6.45) is 6.21. The Bertz CT molecular complexity index is 376. The number of ether oxygens (including phenoxy) is 1. The minimum absolute atomic E-state index is 0.419. The molecule has 0 radical (unpaired) electrons. The van der Waals surface area contributed by atoms with Crippen molar-refractivity contribution in [1.82, 2.24) is 5.32 Å². The average Bonchev–Trinajstić information content (AvgIpc) is 2.45. The van der Waals surface area contributed by atoms with Gasteiger partial charge in [-0.3, -0.25) is 0 Å². The maximum atomic E-state index is 5.82. The summed E-state index contributed by atoms with van der Waals surface area (Å²) in [6.45, 7) is 10.5. The molecule has 0 fully saturated rings. The van der Waals surface area contributed by atoms with E-state index >= 15 is 0 Å². The first-order valence-electron chi connectivity index (χ1n) is 8.19. The fraction of sp³-hybridized carbons (Fsp3) is 0.667. The van der Waals surface area contributed by atoms with Crippen molar-refractivity contribution in [2.45, 2.75) is 65.8 Å². The van der Waals surface area contributed by atoms with E-state index in [-0.39, 0.29) is 0 Å². The second kappa shape index (κ2) is 9.82. The van der Waals surface area contributed by atoms with Crippen LogP contribution in [0.2, 0.25) is 0 Å². The molecule has 0 saturated heterocycles. The van der Waals surface area contributed by atoms with Gasteiger partial charge in [-0.1, -0.05) is 50.8 Å². The molecule has 0 bridgehead atoms. The Balaban J connectivity index is 2.88. The Morgan fingerprint density at radius 1 is 1.10 bits per heavy atom. The van der Waals surface area contributed by atoms with Crippen molar-refractivity contribution >= 4 is 0 Å². The fourth-order valence-corrected chi connectivity index (χ4v) is 2.51. The van der Waals surface area contributed by atoms with Crippen LogP contribution in [-0.2, 0) is 0 Å². The molecule has 0 saturated carbocycles. The van der Waals surface area contributed by atoms with E-state index in [1.807, 2.05) is 0 Å². The van der Waals surface area contributed by atoms with Gasteiger partial charge in [0.25, 0.3) is 0 Å². The van der Waals surface area contributed by atoms with Crippen LogP contribution < -0.4 is 10.1 Å². The molecule has 1 atom stereocenters. The highest BCUT2D eigenvalue weighted by atomic mass is 16.5. The minimum atomic E-state index is 0.419. The maximum Gasteiger partial charge on any atom is 0.124 e. The summed E-state index contributed by atoms with van der Waals surface area (Å²) in [7, 11) is 0. The van der Waals surface area contributed by atoms with Crippen LogP contribution in [0.25, 0.3) is 0 Å². The summed E-state index contributed by atoms with van der Waals surface area (Å²) in [5, 5.41) is 3.69. The van der Waals surface area contributed by atoms with E-state index in [0.717, 1.165) is 18.9 Å². The van der Waals surface area contributed by atoms with Gasteiger partial charge in [-0.25, -0.2) is 0 Å². The predicted molar refractivity (Wildman–Crippen MR) is 87.5 cm³/mol. The highest BCUT2D eigenvalue weighted by Crippen LogP contribution is 2.30. The lowest BCUT2D eigenvalue weighted by Crippen LogP contribution is -2.23. The summed E-state index contributed by atoms with van der Waals surface area (Å²) in [6, 6.07) is 6.96. The Morgan fingerprint density at radius 3 is 2.55 bits per heavy atom. The van der Waals surface area contributed by atoms with Gasteiger partial charge in [-0.15, -0.1) is 0 Å². The van der Waals surface area contributed by atoms with Gasteiger partial charge in [0.15, 0.2) is 0 Å².